The Morgan fingerprint density at radius 3 is 2.51 bits per heavy atom. The van der Waals surface area contributed by atoms with E-state index in [2.05, 4.69) is 31.7 Å². The Kier molecular flexibility index (Phi) is 8.43. The molecule has 5 rings (SSSR count). The summed E-state index contributed by atoms with van der Waals surface area (Å²) in [5.41, 5.74) is 4.79. The van der Waals surface area contributed by atoms with Gasteiger partial charge in [-0.05, 0) is 101 Å². The number of hydrogen-bond acceptors (Lipinski definition) is 6. The molecule has 222 valence electrons. The van der Waals surface area contributed by atoms with Gasteiger partial charge in [0.15, 0.2) is 0 Å². The van der Waals surface area contributed by atoms with Gasteiger partial charge in [-0.3, -0.25) is 9.59 Å². The van der Waals surface area contributed by atoms with E-state index in [4.69, 9.17) is 0 Å². The number of benzene rings is 1. The Balaban J connectivity index is 0.994. The quantitative estimate of drug-likeness (QED) is 0.340. The topological polar surface area (TPSA) is 129 Å². The molecule has 2 fully saturated rings. The third-order valence-corrected chi connectivity index (χ3v) is 10.7. The summed E-state index contributed by atoms with van der Waals surface area (Å²) < 4.78 is 28.7. The Hall–Kier alpha value is -2.98. The van der Waals surface area contributed by atoms with Crippen LogP contribution in [0, 0.1) is 32.1 Å². The van der Waals surface area contributed by atoms with E-state index in [1.165, 1.54) is 5.56 Å². The van der Waals surface area contributed by atoms with E-state index < -0.39 is 16.1 Å². The van der Waals surface area contributed by atoms with Crippen molar-refractivity contribution in [2.24, 2.45) is 11.3 Å². The highest BCUT2D eigenvalue weighted by molar-refractivity contribution is 7.89. The number of aromatic nitrogens is 1. The van der Waals surface area contributed by atoms with Gasteiger partial charge in [-0.15, -0.1) is 0 Å². The molecule has 10 heteroatoms. The zero-order valence-corrected chi connectivity index (χ0v) is 25.4. The summed E-state index contributed by atoms with van der Waals surface area (Å²) in [5.74, 6) is 0.935. The van der Waals surface area contributed by atoms with Crippen LogP contribution in [0.25, 0.3) is 0 Å². The van der Waals surface area contributed by atoms with Crippen molar-refractivity contribution in [1.82, 2.24) is 20.3 Å². The Labute approximate surface area is 243 Å². The Bertz CT molecular complexity index is 1400. The molecule has 0 saturated heterocycles. The summed E-state index contributed by atoms with van der Waals surface area (Å²) in [5, 5.41) is 9.43. The van der Waals surface area contributed by atoms with Crippen molar-refractivity contribution >= 4 is 27.7 Å². The molecule has 2 amide bonds. The van der Waals surface area contributed by atoms with E-state index in [-0.39, 0.29) is 35.7 Å². The molecule has 0 radical (unpaired) electrons. The average Bonchev–Trinajstić information content (AvgIpc) is 2.85. The second-order valence-electron chi connectivity index (χ2n) is 12.6. The molecule has 2 saturated carbocycles. The van der Waals surface area contributed by atoms with Gasteiger partial charge in [0.2, 0.25) is 21.8 Å². The van der Waals surface area contributed by atoms with Crippen LogP contribution in [0.2, 0.25) is 0 Å². The molecule has 1 atom stereocenters. The standard InChI is InChI=1S/C31H43N5O4S/c1-19-12-20(2)28(21(3)13-19)41(39,40)36-22(4)18-33-30(38)24-14-31(15-24)16-26(17-31)34-27(37)10-9-25-8-7-23-6-5-11-32-29(23)35-25/h7-8,12-13,22,24,26,36H,5-6,9-11,14-18H2,1-4H3,(H,32,35)(H,33,38)(H,34,37)/t22-,24?,26?,31?/m0/s1. The van der Waals surface area contributed by atoms with Gasteiger partial charge in [0.05, 0.1) is 4.90 Å². The van der Waals surface area contributed by atoms with Crippen LogP contribution in [0.3, 0.4) is 0 Å². The van der Waals surface area contributed by atoms with Crippen LogP contribution in [-0.4, -0.2) is 50.4 Å². The molecule has 2 heterocycles. The van der Waals surface area contributed by atoms with Gasteiger partial charge < -0.3 is 16.0 Å². The number of anilines is 1. The van der Waals surface area contributed by atoms with Crippen LogP contribution in [0.1, 0.15) is 73.4 Å². The summed E-state index contributed by atoms with van der Waals surface area (Å²) in [4.78, 5) is 30.2. The van der Waals surface area contributed by atoms with Crippen molar-refractivity contribution in [2.45, 2.75) is 96.0 Å². The lowest BCUT2D eigenvalue weighted by Crippen LogP contribution is -2.58. The molecule has 0 unspecified atom stereocenters. The number of amides is 2. The SMILES string of the molecule is Cc1cc(C)c(S(=O)(=O)N[C@@H](C)CNC(=O)C2CC3(CC(NC(=O)CCc4ccc5c(n4)NCCC5)C3)C2)c(C)c1. The number of nitrogens with zero attached hydrogens (tertiary/aromatic N) is 1. The highest BCUT2D eigenvalue weighted by Crippen LogP contribution is 2.58. The number of hydrogen-bond donors (Lipinski definition) is 4. The molecule has 1 aliphatic heterocycles. The highest BCUT2D eigenvalue weighted by atomic mass is 32.2. The first-order valence-corrected chi connectivity index (χ1v) is 16.3. The molecule has 1 aromatic carbocycles. The number of nitrogens with one attached hydrogen (secondary N) is 4. The Morgan fingerprint density at radius 2 is 1.80 bits per heavy atom. The number of carbonyl (C=O) groups excluding carboxylic acids is 2. The van der Waals surface area contributed by atoms with Gasteiger partial charge in [0.1, 0.15) is 5.82 Å². The number of sulfonamides is 1. The van der Waals surface area contributed by atoms with E-state index in [1.807, 2.05) is 25.1 Å². The normalized spacial score (nSPS) is 23.9. The summed E-state index contributed by atoms with van der Waals surface area (Å²) in [6, 6.07) is 7.61. The lowest BCUT2D eigenvalue weighted by Gasteiger charge is -2.57. The first-order chi connectivity index (χ1) is 19.4. The molecular weight excluding hydrogens is 538 g/mol. The van der Waals surface area contributed by atoms with Crippen LogP contribution in [0.4, 0.5) is 5.82 Å². The lowest BCUT2D eigenvalue weighted by molar-refractivity contribution is -0.141. The zero-order chi connectivity index (χ0) is 29.4. The maximum absolute atomic E-state index is 13.0. The molecule has 9 nitrogen and oxygen atoms in total. The fraction of sp³-hybridized carbons (Fsp3) is 0.581. The maximum Gasteiger partial charge on any atom is 0.241 e. The fourth-order valence-corrected chi connectivity index (χ4v) is 8.69. The van der Waals surface area contributed by atoms with E-state index in [0.29, 0.717) is 28.9 Å². The predicted molar refractivity (Wildman–Crippen MR) is 159 cm³/mol. The Morgan fingerprint density at radius 1 is 1.10 bits per heavy atom. The molecule has 2 aliphatic carbocycles. The first kappa shape index (κ1) is 29.5. The van der Waals surface area contributed by atoms with Crippen LogP contribution in [0.5, 0.6) is 0 Å². The van der Waals surface area contributed by atoms with Crippen LogP contribution in [-0.2, 0) is 32.5 Å². The lowest BCUT2D eigenvalue weighted by atomic mass is 9.50. The zero-order valence-electron chi connectivity index (χ0n) is 24.6. The van der Waals surface area contributed by atoms with Crippen LogP contribution >= 0.6 is 0 Å². The predicted octanol–water partition coefficient (Wildman–Crippen LogP) is 3.46. The van der Waals surface area contributed by atoms with E-state index >= 15 is 0 Å². The van der Waals surface area contributed by atoms with Gasteiger partial charge in [-0.25, -0.2) is 18.1 Å². The van der Waals surface area contributed by atoms with Gasteiger partial charge >= 0.3 is 0 Å². The largest absolute Gasteiger partial charge is 0.370 e. The minimum atomic E-state index is -3.69. The second-order valence-corrected chi connectivity index (χ2v) is 14.3. The van der Waals surface area contributed by atoms with E-state index in [1.54, 1.807) is 20.8 Å². The summed E-state index contributed by atoms with van der Waals surface area (Å²) in [6.45, 7) is 8.49. The van der Waals surface area contributed by atoms with Crippen molar-refractivity contribution in [1.29, 1.82) is 0 Å². The van der Waals surface area contributed by atoms with Gasteiger partial charge in [-0.1, -0.05) is 23.8 Å². The average molecular weight is 582 g/mol. The molecule has 1 spiro atoms. The maximum atomic E-state index is 13.0. The molecule has 4 N–H and O–H groups in total. The number of fused-ring (bicyclic) bond motifs is 1. The second kappa shape index (κ2) is 11.7. The third kappa shape index (κ3) is 6.75. The van der Waals surface area contributed by atoms with E-state index in [9.17, 15) is 18.0 Å². The van der Waals surface area contributed by atoms with Crippen LogP contribution < -0.4 is 20.7 Å². The number of rotatable bonds is 10. The highest BCUT2D eigenvalue weighted by Gasteiger charge is 2.55. The number of aryl methyl sites for hydroxylation is 5. The third-order valence-electron chi connectivity index (χ3n) is 8.83. The molecule has 1 aromatic heterocycles. The monoisotopic (exact) mass is 581 g/mol. The van der Waals surface area contributed by atoms with Gasteiger partial charge in [-0.2, -0.15) is 0 Å². The molecule has 41 heavy (non-hydrogen) atoms. The summed E-state index contributed by atoms with van der Waals surface area (Å²) >= 11 is 0. The number of carbonyl (C=O) groups is 2. The smallest absolute Gasteiger partial charge is 0.241 e. The molecule has 0 bridgehead atoms. The minimum Gasteiger partial charge on any atom is -0.370 e. The van der Waals surface area contributed by atoms with Crippen molar-refractivity contribution in [3.8, 4) is 0 Å². The molecular formula is C31H43N5O4S. The van der Waals surface area contributed by atoms with Crippen molar-refractivity contribution in [3.05, 3.63) is 52.2 Å². The minimum absolute atomic E-state index is 0.0242. The molecule has 2 aromatic rings. The van der Waals surface area contributed by atoms with E-state index in [0.717, 1.165) is 62.1 Å². The van der Waals surface area contributed by atoms with Gasteiger partial charge in [0.25, 0.3) is 0 Å². The molecule has 3 aliphatic rings. The van der Waals surface area contributed by atoms with Crippen molar-refractivity contribution < 1.29 is 18.0 Å². The van der Waals surface area contributed by atoms with Crippen LogP contribution in [0.15, 0.2) is 29.2 Å². The van der Waals surface area contributed by atoms with Crippen molar-refractivity contribution in [3.63, 3.8) is 0 Å². The number of pyridine rings is 1. The van der Waals surface area contributed by atoms with Crippen molar-refractivity contribution in [2.75, 3.05) is 18.4 Å². The van der Waals surface area contributed by atoms with Gasteiger partial charge in [0, 0.05) is 43.2 Å². The summed E-state index contributed by atoms with van der Waals surface area (Å²) in [6.07, 6.45) is 6.69. The first-order valence-electron chi connectivity index (χ1n) is 14.8. The fourth-order valence-electron chi connectivity index (χ4n) is 7.00. The summed E-state index contributed by atoms with van der Waals surface area (Å²) in [7, 11) is -3.69.